The number of phenolic OH excluding ortho intramolecular Hbond substituents is 2. The molecule has 6 atom stereocenters. The van der Waals surface area contributed by atoms with Crippen LogP contribution in [0.4, 0.5) is 0 Å². The molecule has 0 aliphatic carbocycles. The maximum atomic E-state index is 14.5. The van der Waals surface area contributed by atoms with Crippen LogP contribution in [-0.4, -0.2) is 127 Å². The Morgan fingerprint density at radius 2 is 1.09 bits per heavy atom. The van der Waals surface area contributed by atoms with Crippen molar-refractivity contribution in [2.45, 2.75) is 83.6 Å². The van der Waals surface area contributed by atoms with Crippen molar-refractivity contribution in [1.29, 1.82) is 0 Å². The van der Waals surface area contributed by atoms with Crippen LogP contribution in [0.1, 0.15) is 50.8 Å². The Balaban J connectivity index is 1.92. The first-order valence-electron chi connectivity index (χ1n) is 19.4. The Bertz CT molecular complexity index is 1820. The molecule has 14 nitrogen and oxygen atoms in total. The van der Waals surface area contributed by atoms with Gasteiger partial charge in [-0.3, -0.25) is 24.1 Å². The van der Waals surface area contributed by atoms with Crippen molar-refractivity contribution in [3.63, 3.8) is 0 Å². The summed E-state index contributed by atoms with van der Waals surface area (Å²) in [6.07, 6.45) is -0.341. The van der Waals surface area contributed by atoms with E-state index in [1.807, 2.05) is 19.1 Å². The number of rotatable bonds is 20. The number of likely N-dealkylation sites (N-methyl/N-ethyl adjacent to an activating group) is 3. The van der Waals surface area contributed by atoms with Gasteiger partial charge in [0.25, 0.3) is 5.91 Å². The van der Waals surface area contributed by atoms with E-state index in [0.29, 0.717) is 29.7 Å². The fourth-order valence-corrected chi connectivity index (χ4v) is 6.43. The van der Waals surface area contributed by atoms with Gasteiger partial charge in [0, 0.05) is 32.9 Å². The SMILES string of the molecule is CC[C@@H](C)[C@@H](OC(=O)[C@H](Cc1ccc(OC)cc1)N(C)C)C(=O)N[C@@H](C(=O)N(C)[C@@H](Cc1ccc(O)cc1)C(=O)N(C)[C@H](Cc1ccc(O)cc1)C(=O)OC)C(C)C. The van der Waals surface area contributed by atoms with Gasteiger partial charge in [-0.1, -0.05) is 64.1 Å². The van der Waals surface area contributed by atoms with Crippen molar-refractivity contribution in [3.8, 4) is 17.2 Å². The van der Waals surface area contributed by atoms with Crippen molar-refractivity contribution < 1.29 is 48.4 Å². The maximum absolute atomic E-state index is 14.5. The van der Waals surface area contributed by atoms with Gasteiger partial charge in [-0.25, -0.2) is 4.79 Å². The Morgan fingerprint density at radius 3 is 1.52 bits per heavy atom. The first-order chi connectivity index (χ1) is 27.4. The molecule has 0 aliphatic heterocycles. The topological polar surface area (TPSA) is 175 Å². The predicted molar refractivity (Wildman–Crippen MR) is 219 cm³/mol. The average molecular weight is 805 g/mol. The molecule has 0 spiro atoms. The number of benzene rings is 3. The van der Waals surface area contributed by atoms with Crippen molar-refractivity contribution >= 4 is 29.7 Å². The van der Waals surface area contributed by atoms with Crippen molar-refractivity contribution in [2.75, 3.05) is 42.4 Å². The highest BCUT2D eigenvalue weighted by Gasteiger charge is 2.40. The van der Waals surface area contributed by atoms with Crippen LogP contribution in [0.2, 0.25) is 0 Å². The van der Waals surface area contributed by atoms with Gasteiger partial charge in [0.2, 0.25) is 11.8 Å². The number of hydrogen-bond donors (Lipinski definition) is 3. The fourth-order valence-electron chi connectivity index (χ4n) is 6.43. The summed E-state index contributed by atoms with van der Waals surface area (Å²) in [6, 6.07) is 15.6. The van der Waals surface area contributed by atoms with Gasteiger partial charge < -0.3 is 39.5 Å². The second-order valence-electron chi connectivity index (χ2n) is 15.2. The first kappa shape index (κ1) is 46.8. The Morgan fingerprint density at radius 1 is 0.638 bits per heavy atom. The lowest BCUT2D eigenvalue weighted by molar-refractivity contribution is -0.164. The molecule has 316 valence electrons. The van der Waals surface area contributed by atoms with E-state index in [1.165, 1.54) is 55.3 Å². The lowest BCUT2D eigenvalue weighted by Gasteiger charge is -2.36. The molecule has 0 aromatic heterocycles. The minimum atomic E-state index is -1.23. The number of nitrogens with one attached hydrogen (secondary N) is 1. The van der Waals surface area contributed by atoms with E-state index in [-0.39, 0.29) is 24.3 Å². The largest absolute Gasteiger partial charge is 0.508 e. The summed E-state index contributed by atoms with van der Waals surface area (Å²) >= 11 is 0. The van der Waals surface area contributed by atoms with Gasteiger partial charge in [0.15, 0.2) is 6.10 Å². The number of esters is 2. The molecule has 0 radical (unpaired) electrons. The average Bonchev–Trinajstić information content (AvgIpc) is 3.21. The summed E-state index contributed by atoms with van der Waals surface area (Å²) in [5.74, 6) is -3.22. The van der Waals surface area contributed by atoms with Gasteiger partial charge in [0.05, 0.1) is 14.2 Å². The number of methoxy groups -OCH3 is 2. The molecule has 3 amide bonds. The zero-order valence-electron chi connectivity index (χ0n) is 35.3. The molecule has 58 heavy (non-hydrogen) atoms. The molecule has 3 aromatic rings. The van der Waals surface area contributed by atoms with Crippen molar-refractivity contribution in [2.24, 2.45) is 11.8 Å². The summed E-state index contributed by atoms with van der Waals surface area (Å²) in [7, 11) is 9.21. The van der Waals surface area contributed by atoms with Gasteiger partial charge >= 0.3 is 11.9 Å². The highest BCUT2D eigenvalue weighted by Crippen LogP contribution is 2.22. The molecule has 0 heterocycles. The molecule has 0 saturated carbocycles. The number of carbonyl (C=O) groups is 5. The summed E-state index contributed by atoms with van der Waals surface area (Å²) < 4.78 is 16.3. The maximum Gasteiger partial charge on any atom is 0.328 e. The van der Waals surface area contributed by atoms with E-state index in [1.54, 1.807) is 83.3 Å². The minimum Gasteiger partial charge on any atom is -0.508 e. The second kappa shape index (κ2) is 21.8. The van der Waals surface area contributed by atoms with Crippen LogP contribution in [0, 0.1) is 11.8 Å². The van der Waals surface area contributed by atoms with Crippen LogP contribution in [0.15, 0.2) is 72.8 Å². The molecule has 3 N–H and O–H groups in total. The van der Waals surface area contributed by atoms with E-state index in [4.69, 9.17) is 14.2 Å². The van der Waals surface area contributed by atoms with Crippen LogP contribution in [0.25, 0.3) is 0 Å². The van der Waals surface area contributed by atoms with E-state index in [9.17, 15) is 34.2 Å². The third-order valence-corrected chi connectivity index (χ3v) is 10.5. The van der Waals surface area contributed by atoms with Crippen LogP contribution >= 0.6 is 0 Å². The van der Waals surface area contributed by atoms with Crippen LogP contribution in [0.3, 0.4) is 0 Å². The molecule has 3 aromatic carbocycles. The van der Waals surface area contributed by atoms with E-state index >= 15 is 0 Å². The smallest absolute Gasteiger partial charge is 0.328 e. The van der Waals surface area contributed by atoms with Gasteiger partial charge in [-0.2, -0.15) is 0 Å². The van der Waals surface area contributed by atoms with E-state index in [2.05, 4.69) is 5.32 Å². The number of hydrogen-bond acceptors (Lipinski definition) is 11. The number of aromatic hydroxyl groups is 2. The van der Waals surface area contributed by atoms with E-state index < -0.39 is 71.8 Å². The number of nitrogens with zero attached hydrogens (tertiary/aromatic N) is 3. The first-order valence-corrected chi connectivity index (χ1v) is 19.4. The van der Waals surface area contributed by atoms with Crippen molar-refractivity contribution in [1.82, 2.24) is 20.0 Å². The number of phenols is 2. The molecule has 0 fully saturated rings. The lowest BCUT2D eigenvalue weighted by atomic mass is 9.96. The summed E-state index contributed by atoms with van der Waals surface area (Å²) in [5, 5.41) is 22.6. The minimum absolute atomic E-state index is 0.00475. The highest BCUT2D eigenvalue weighted by atomic mass is 16.6. The second-order valence-corrected chi connectivity index (χ2v) is 15.2. The fraction of sp³-hybridized carbons (Fsp3) is 0.477. The summed E-state index contributed by atoms with van der Waals surface area (Å²) in [6.45, 7) is 7.18. The molecule has 14 heteroatoms. The summed E-state index contributed by atoms with van der Waals surface area (Å²) in [5.41, 5.74) is 2.15. The van der Waals surface area contributed by atoms with Crippen LogP contribution in [0.5, 0.6) is 17.2 Å². The summed E-state index contributed by atoms with van der Waals surface area (Å²) in [4.78, 5) is 74.2. The van der Waals surface area contributed by atoms with Crippen LogP contribution in [-0.2, 0) is 52.7 Å². The quantitative estimate of drug-likeness (QED) is 0.141. The standard InChI is InChI=1S/C44H60N4O10/c1-11-28(4)39(58-44(55)36(46(5)6)25-31-16-22-34(56-9)23-17-31)40(51)45-38(27(2)3)42(53)47(7)35(24-29-12-18-32(49)19-13-29)41(52)48(8)37(43(54)57-10)26-30-14-20-33(50)21-15-30/h12-23,27-28,35-39,49-50H,11,24-26H2,1-10H3,(H,45,51)/t28-,35+,36+,37-,38-,39-/m1/s1. The Hall–Kier alpha value is -5.63. The Labute approximate surface area is 342 Å². The van der Waals surface area contributed by atoms with Crippen molar-refractivity contribution in [3.05, 3.63) is 89.5 Å². The molecule has 0 saturated heterocycles. The monoisotopic (exact) mass is 804 g/mol. The molecule has 3 rings (SSSR count). The normalized spacial score (nSPS) is 14.3. The van der Waals surface area contributed by atoms with E-state index in [0.717, 1.165) is 5.56 Å². The highest BCUT2D eigenvalue weighted by molar-refractivity contribution is 5.95. The number of amides is 3. The number of carbonyl (C=O) groups excluding carboxylic acids is 5. The molecular weight excluding hydrogens is 745 g/mol. The van der Waals surface area contributed by atoms with Gasteiger partial charge in [0.1, 0.15) is 41.4 Å². The molecular formula is C44H60N4O10. The molecule has 0 unspecified atom stereocenters. The lowest BCUT2D eigenvalue weighted by Crippen LogP contribution is -2.59. The zero-order chi connectivity index (χ0) is 43.3. The number of ether oxygens (including phenoxy) is 3. The third kappa shape index (κ3) is 12.7. The molecule has 0 bridgehead atoms. The zero-order valence-corrected chi connectivity index (χ0v) is 35.3. The van der Waals surface area contributed by atoms with Gasteiger partial charge in [-0.05, 0) is 85.9 Å². The van der Waals surface area contributed by atoms with Crippen LogP contribution < -0.4 is 10.1 Å². The molecule has 0 aliphatic rings. The Kier molecular flexibility index (Phi) is 17.5. The van der Waals surface area contributed by atoms with Gasteiger partial charge in [-0.15, -0.1) is 0 Å². The predicted octanol–water partition coefficient (Wildman–Crippen LogP) is 3.99. The third-order valence-electron chi connectivity index (χ3n) is 10.5.